The smallest absolute Gasteiger partial charge is 0.342 e. The van der Waals surface area contributed by atoms with E-state index in [2.05, 4.69) is 10.4 Å². The fraction of sp³-hybridized carbons (Fsp3) is 0.267. The number of carbonyl (C=O) groups is 2. The maximum Gasteiger partial charge on any atom is 0.342 e. The molecule has 24 heavy (non-hydrogen) atoms. The third kappa shape index (κ3) is 4.63. The summed E-state index contributed by atoms with van der Waals surface area (Å²) in [5.74, 6) is -1.19. The van der Waals surface area contributed by atoms with Gasteiger partial charge in [-0.05, 0) is 5.56 Å². The van der Waals surface area contributed by atoms with E-state index in [0.717, 1.165) is 5.56 Å². The summed E-state index contributed by atoms with van der Waals surface area (Å²) in [4.78, 5) is 48.3. The minimum atomic E-state index is -0.897. The molecule has 0 radical (unpaired) electrons. The number of nitrogens with zero attached hydrogens (tertiary/aromatic N) is 1. The third-order valence-electron chi connectivity index (χ3n) is 3.21. The van der Waals surface area contributed by atoms with Gasteiger partial charge in [0, 0.05) is 6.42 Å². The van der Waals surface area contributed by atoms with E-state index < -0.39 is 29.2 Å². The minimum Gasteiger partial charge on any atom is -0.467 e. The second-order valence-electron chi connectivity index (χ2n) is 4.96. The van der Waals surface area contributed by atoms with Crippen molar-refractivity contribution in [3.63, 3.8) is 0 Å². The number of benzene rings is 1. The van der Waals surface area contributed by atoms with Crippen molar-refractivity contribution in [2.75, 3.05) is 7.11 Å². The van der Waals surface area contributed by atoms with Gasteiger partial charge in [0.1, 0.15) is 11.7 Å². The summed E-state index contributed by atoms with van der Waals surface area (Å²) < 4.78 is 4.69. The molecule has 0 unspecified atom stereocenters. The Labute approximate surface area is 136 Å². The predicted octanol–water partition coefficient (Wildman–Crippen LogP) is -1.10. The molecule has 1 atom stereocenters. The van der Waals surface area contributed by atoms with Crippen molar-refractivity contribution in [3.8, 4) is 0 Å². The molecule has 0 fully saturated rings. The number of rotatable bonds is 6. The van der Waals surface area contributed by atoms with E-state index in [4.69, 9.17) is 4.74 Å². The van der Waals surface area contributed by atoms with Crippen LogP contribution in [0.25, 0.3) is 0 Å². The average molecular weight is 332 g/mol. The summed E-state index contributed by atoms with van der Waals surface area (Å²) >= 11 is 0. The molecular formula is C15H16N4O5. The van der Waals surface area contributed by atoms with Gasteiger partial charge in [0.15, 0.2) is 0 Å². The zero-order valence-corrected chi connectivity index (χ0v) is 12.9. The van der Waals surface area contributed by atoms with E-state index in [1.807, 2.05) is 40.4 Å². The first kappa shape index (κ1) is 17.1. The lowest BCUT2D eigenvalue weighted by Crippen LogP contribution is -2.44. The molecule has 2 rings (SSSR count). The van der Waals surface area contributed by atoms with Crippen LogP contribution in [-0.2, 0) is 27.2 Å². The summed E-state index contributed by atoms with van der Waals surface area (Å²) in [6, 6.07) is 8.20. The Balaban J connectivity index is 2.08. The molecular weight excluding hydrogens is 316 g/mol. The van der Waals surface area contributed by atoms with Crippen molar-refractivity contribution in [1.82, 2.24) is 20.5 Å². The van der Waals surface area contributed by atoms with E-state index in [0.29, 0.717) is 0 Å². The Morgan fingerprint density at radius 3 is 2.58 bits per heavy atom. The quantitative estimate of drug-likeness (QED) is 0.575. The zero-order chi connectivity index (χ0) is 17.5. The van der Waals surface area contributed by atoms with E-state index in [1.165, 1.54) is 7.11 Å². The van der Waals surface area contributed by atoms with E-state index in [1.54, 1.807) is 0 Å². The molecule has 1 aromatic heterocycles. The van der Waals surface area contributed by atoms with Gasteiger partial charge in [-0.2, -0.15) is 5.10 Å². The van der Waals surface area contributed by atoms with Gasteiger partial charge in [-0.15, -0.1) is 0 Å². The molecule has 1 amide bonds. The molecule has 0 aliphatic rings. The van der Waals surface area contributed by atoms with Crippen molar-refractivity contribution < 1.29 is 14.3 Å². The van der Waals surface area contributed by atoms with Gasteiger partial charge >= 0.3 is 11.7 Å². The lowest BCUT2D eigenvalue weighted by Gasteiger charge is -2.16. The summed E-state index contributed by atoms with van der Waals surface area (Å²) in [7, 11) is 1.22. The zero-order valence-electron chi connectivity index (χ0n) is 12.9. The fourth-order valence-electron chi connectivity index (χ4n) is 2.07. The predicted molar refractivity (Wildman–Crippen MR) is 83.3 cm³/mol. The van der Waals surface area contributed by atoms with Crippen LogP contribution >= 0.6 is 0 Å². The molecule has 0 saturated heterocycles. The van der Waals surface area contributed by atoms with Crippen LogP contribution in [0.4, 0.5) is 0 Å². The number of amides is 1. The van der Waals surface area contributed by atoms with Gasteiger partial charge in [-0.3, -0.25) is 14.6 Å². The average Bonchev–Trinajstić information content (AvgIpc) is 2.57. The van der Waals surface area contributed by atoms with Gasteiger partial charge in [0.05, 0.1) is 13.5 Å². The molecule has 2 aromatic rings. The van der Waals surface area contributed by atoms with Crippen LogP contribution < -0.4 is 16.6 Å². The van der Waals surface area contributed by atoms with E-state index >= 15 is 0 Å². The standard InChI is InChI=1S/C15H16N4O5/c1-24-14(22)11(7-9-5-3-2-4-6-9)16-12(20)8-10-13(21)17-15(23)19-18-10/h2-6,11H,7-8H2,1H3,(H,16,20)(H2,17,19,21,23)/t11-/m0/s1. The van der Waals surface area contributed by atoms with Crippen molar-refractivity contribution >= 4 is 11.9 Å². The number of H-pyrrole nitrogens is 2. The second kappa shape index (κ2) is 7.86. The Hall–Kier alpha value is -3.23. The van der Waals surface area contributed by atoms with Crippen LogP contribution in [0.1, 0.15) is 11.3 Å². The van der Waals surface area contributed by atoms with E-state index in [9.17, 15) is 19.2 Å². The van der Waals surface area contributed by atoms with Crippen LogP contribution in [0.2, 0.25) is 0 Å². The topological polar surface area (TPSA) is 134 Å². The van der Waals surface area contributed by atoms with Gasteiger partial charge in [0.2, 0.25) is 5.91 Å². The summed E-state index contributed by atoms with van der Waals surface area (Å²) in [5.41, 5.74) is -0.837. The Bertz CT molecular complexity index is 828. The molecule has 126 valence electrons. The molecule has 1 aromatic carbocycles. The molecule has 0 bridgehead atoms. The number of aromatic nitrogens is 3. The lowest BCUT2D eigenvalue weighted by atomic mass is 10.1. The molecule has 9 nitrogen and oxygen atoms in total. The first-order valence-electron chi connectivity index (χ1n) is 7.08. The first-order valence-corrected chi connectivity index (χ1v) is 7.08. The largest absolute Gasteiger partial charge is 0.467 e. The van der Waals surface area contributed by atoms with Crippen LogP contribution in [-0.4, -0.2) is 40.2 Å². The maximum absolute atomic E-state index is 12.1. The third-order valence-corrected chi connectivity index (χ3v) is 3.21. The highest BCUT2D eigenvalue weighted by Crippen LogP contribution is 2.05. The maximum atomic E-state index is 12.1. The van der Waals surface area contributed by atoms with Crippen molar-refractivity contribution in [1.29, 1.82) is 0 Å². The molecule has 0 aliphatic heterocycles. The minimum absolute atomic E-state index is 0.157. The Morgan fingerprint density at radius 2 is 1.96 bits per heavy atom. The van der Waals surface area contributed by atoms with Crippen molar-refractivity contribution in [3.05, 3.63) is 62.4 Å². The van der Waals surface area contributed by atoms with Crippen LogP contribution in [0.3, 0.4) is 0 Å². The molecule has 1 heterocycles. The number of methoxy groups -OCH3 is 1. The van der Waals surface area contributed by atoms with Crippen molar-refractivity contribution in [2.24, 2.45) is 0 Å². The monoisotopic (exact) mass is 332 g/mol. The van der Waals surface area contributed by atoms with Crippen LogP contribution in [0, 0.1) is 0 Å². The normalized spacial score (nSPS) is 11.5. The van der Waals surface area contributed by atoms with E-state index in [-0.39, 0.29) is 18.5 Å². The van der Waals surface area contributed by atoms with Crippen molar-refractivity contribution in [2.45, 2.75) is 18.9 Å². The SMILES string of the molecule is COC(=O)[C@H](Cc1ccccc1)NC(=O)Cc1n[nH]c(=O)[nH]c1=O. The lowest BCUT2D eigenvalue weighted by molar-refractivity contribution is -0.145. The van der Waals surface area contributed by atoms with Gasteiger partial charge in [0.25, 0.3) is 5.56 Å². The molecule has 0 aliphatic carbocycles. The van der Waals surface area contributed by atoms with Gasteiger partial charge in [-0.1, -0.05) is 30.3 Å². The number of ether oxygens (including phenoxy) is 1. The number of carbonyl (C=O) groups excluding carboxylic acids is 2. The molecule has 9 heteroatoms. The summed E-state index contributed by atoms with van der Waals surface area (Å²) in [6.07, 6.45) is -0.136. The highest BCUT2D eigenvalue weighted by atomic mass is 16.5. The number of aromatic amines is 2. The van der Waals surface area contributed by atoms with Crippen LogP contribution in [0.5, 0.6) is 0 Å². The molecule has 0 saturated carbocycles. The van der Waals surface area contributed by atoms with Gasteiger partial charge < -0.3 is 10.1 Å². The van der Waals surface area contributed by atoms with Gasteiger partial charge in [-0.25, -0.2) is 14.7 Å². The Kier molecular flexibility index (Phi) is 5.61. The second-order valence-corrected chi connectivity index (χ2v) is 4.96. The number of hydrogen-bond acceptors (Lipinski definition) is 6. The molecule has 3 N–H and O–H groups in total. The number of esters is 1. The molecule has 0 spiro atoms. The number of hydrogen-bond donors (Lipinski definition) is 3. The Morgan fingerprint density at radius 1 is 1.25 bits per heavy atom. The summed E-state index contributed by atoms with van der Waals surface area (Å²) in [6.45, 7) is 0. The fourth-order valence-corrected chi connectivity index (χ4v) is 2.07. The number of nitrogens with one attached hydrogen (secondary N) is 3. The van der Waals surface area contributed by atoms with Crippen LogP contribution in [0.15, 0.2) is 39.9 Å². The summed E-state index contributed by atoms with van der Waals surface area (Å²) in [5, 5.41) is 8.06. The highest BCUT2D eigenvalue weighted by Gasteiger charge is 2.22. The highest BCUT2D eigenvalue weighted by molar-refractivity contribution is 5.85. The first-order chi connectivity index (χ1) is 11.5.